The number of hydrogen-bond donors (Lipinski definition) is 1. The number of benzene rings is 1. The fraction of sp³-hybridized carbons (Fsp3) is 0.400. The van der Waals surface area contributed by atoms with Crippen molar-refractivity contribution in [2.75, 3.05) is 6.61 Å². The van der Waals surface area contributed by atoms with Crippen LogP contribution in [0.15, 0.2) is 24.3 Å². The van der Waals surface area contributed by atoms with Crippen LogP contribution in [-0.4, -0.2) is 11.7 Å². The van der Waals surface area contributed by atoms with Gasteiger partial charge in [0.2, 0.25) is 0 Å². The highest BCUT2D eigenvalue weighted by atomic mass is 16.3. The molecule has 11 heavy (non-hydrogen) atoms. The number of aliphatic hydroxyl groups excluding tert-OH is 1. The SMILES string of the molecule is Cc1ccccc1C(C)CO. The molecule has 0 aliphatic carbocycles. The smallest absolute Gasteiger partial charge is 0.0497 e. The number of rotatable bonds is 2. The maximum absolute atomic E-state index is 8.91. The summed E-state index contributed by atoms with van der Waals surface area (Å²) in [5, 5.41) is 8.91. The Morgan fingerprint density at radius 2 is 2.00 bits per heavy atom. The number of hydrogen-bond acceptors (Lipinski definition) is 1. The summed E-state index contributed by atoms with van der Waals surface area (Å²) < 4.78 is 0. The Labute approximate surface area is 67.7 Å². The Morgan fingerprint density at radius 1 is 1.36 bits per heavy atom. The second kappa shape index (κ2) is 3.54. The molecule has 0 heterocycles. The summed E-state index contributed by atoms with van der Waals surface area (Å²) in [5.41, 5.74) is 2.50. The van der Waals surface area contributed by atoms with Gasteiger partial charge in [-0.15, -0.1) is 0 Å². The van der Waals surface area contributed by atoms with Crippen LogP contribution >= 0.6 is 0 Å². The second-order valence-electron chi connectivity index (χ2n) is 2.94. The first-order valence-corrected chi connectivity index (χ1v) is 3.92. The minimum atomic E-state index is 0.227. The molecule has 0 bridgehead atoms. The fourth-order valence-corrected chi connectivity index (χ4v) is 1.24. The molecule has 1 unspecified atom stereocenters. The van der Waals surface area contributed by atoms with Gasteiger partial charge >= 0.3 is 0 Å². The van der Waals surface area contributed by atoms with Crippen LogP contribution in [0.5, 0.6) is 0 Å². The van der Waals surface area contributed by atoms with Gasteiger partial charge in [-0.25, -0.2) is 0 Å². The first-order valence-electron chi connectivity index (χ1n) is 3.92. The summed E-state index contributed by atoms with van der Waals surface area (Å²) in [5.74, 6) is 0.260. The van der Waals surface area contributed by atoms with Crippen molar-refractivity contribution < 1.29 is 5.11 Å². The Hall–Kier alpha value is -0.820. The molecule has 1 N–H and O–H groups in total. The normalized spacial score (nSPS) is 13.0. The monoisotopic (exact) mass is 150 g/mol. The van der Waals surface area contributed by atoms with Gasteiger partial charge in [0.15, 0.2) is 0 Å². The van der Waals surface area contributed by atoms with Gasteiger partial charge in [-0.1, -0.05) is 31.2 Å². The van der Waals surface area contributed by atoms with E-state index >= 15 is 0 Å². The zero-order valence-electron chi connectivity index (χ0n) is 7.04. The van der Waals surface area contributed by atoms with Gasteiger partial charge in [-0.3, -0.25) is 0 Å². The molecule has 0 fully saturated rings. The van der Waals surface area contributed by atoms with E-state index in [2.05, 4.69) is 19.1 Å². The topological polar surface area (TPSA) is 20.2 Å². The highest BCUT2D eigenvalue weighted by Gasteiger charge is 2.04. The molecule has 0 aliphatic rings. The van der Waals surface area contributed by atoms with Crippen molar-refractivity contribution in [3.8, 4) is 0 Å². The maximum atomic E-state index is 8.91. The Balaban J connectivity index is 2.93. The molecule has 0 radical (unpaired) electrons. The summed E-state index contributed by atoms with van der Waals surface area (Å²) in [6.45, 7) is 4.33. The molecule has 0 aliphatic heterocycles. The third-order valence-electron chi connectivity index (χ3n) is 1.99. The van der Waals surface area contributed by atoms with Crippen LogP contribution in [0.1, 0.15) is 24.0 Å². The van der Waals surface area contributed by atoms with E-state index in [4.69, 9.17) is 5.11 Å². The Bertz CT molecular complexity index is 230. The lowest BCUT2D eigenvalue weighted by molar-refractivity contribution is 0.272. The molecule has 1 rings (SSSR count). The van der Waals surface area contributed by atoms with Gasteiger partial charge in [-0.05, 0) is 18.1 Å². The largest absolute Gasteiger partial charge is 0.396 e. The van der Waals surface area contributed by atoms with E-state index in [1.807, 2.05) is 19.1 Å². The highest BCUT2D eigenvalue weighted by Crippen LogP contribution is 2.17. The molecule has 0 spiro atoms. The van der Waals surface area contributed by atoms with E-state index in [0.29, 0.717) is 0 Å². The molecule has 60 valence electrons. The summed E-state index contributed by atoms with van der Waals surface area (Å²) >= 11 is 0. The second-order valence-corrected chi connectivity index (χ2v) is 2.94. The Kier molecular flexibility index (Phi) is 2.66. The van der Waals surface area contributed by atoms with Gasteiger partial charge in [-0.2, -0.15) is 0 Å². The van der Waals surface area contributed by atoms with Crippen LogP contribution in [0, 0.1) is 6.92 Å². The van der Waals surface area contributed by atoms with Crippen molar-refractivity contribution in [2.45, 2.75) is 19.8 Å². The number of aliphatic hydroxyl groups is 1. The molecule has 0 amide bonds. The molecule has 1 aromatic carbocycles. The minimum absolute atomic E-state index is 0.227. The summed E-state index contributed by atoms with van der Waals surface area (Å²) in [7, 11) is 0. The van der Waals surface area contributed by atoms with E-state index in [1.165, 1.54) is 11.1 Å². The highest BCUT2D eigenvalue weighted by molar-refractivity contribution is 5.28. The zero-order valence-corrected chi connectivity index (χ0v) is 7.04. The van der Waals surface area contributed by atoms with Crippen molar-refractivity contribution in [1.29, 1.82) is 0 Å². The van der Waals surface area contributed by atoms with Crippen LogP contribution in [0.4, 0.5) is 0 Å². The van der Waals surface area contributed by atoms with Crippen molar-refractivity contribution in [3.05, 3.63) is 35.4 Å². The van der Waals surface area contributed by atoms with Gasteiger partial charge in [0.05, 0.1) is 0 Å². The zero-order chi connectivity index (χ0) is 8.27. The molecule has 1 nitrogen and oxygen atoms in total. The average molecular weight is 150 g/mol. The standard InChI is InChI=1S/C10H14O/c1-8-5-3-4-6-10(8)9(2)7-11/h3-6,9,11H,7H2,1-2H3. The molecular weight excluding hydrogens is 136 g/mol. The maximum Gasteiger partial charge on any atom is 0.0497 e. The summed E-state index contributed by atoms with van der Waals surface area (Å²) in [6.07, 6.45) is 0. The molecule has 1 atom stereocenters. The van der Waals surface area contributed by atoms with Crippen molar-refractivity contribution in [3.63, 3.8) is 0 Å². The number of aryl methyl sites for hydroxylation is 1. The fourth-order valence-electron chi connectivity index (χ4n) is 1.24. The predicted molar refractivity (Wildman–Crippen MR) is 46.7 cm³/mol. The molecule has 1 heteroatoms. The molecule has 0 aromatic heterocycles. The van der Waals surface area contributed by atoms with Gasteiger partial charge in [0, 0.05) is 12.5 Å². The van der Waals surface area contributed by atoms with Crippen LogP contribution in [0.2, 0.25) is 0 Å². The van der Waals surface area contributed by atoms with E-state index < -0.39 is 0 Å². The third kappa shape index (κ3) is 1.81. The quantitative estimate of drug-likeness (QED) is 0.684. The van der Waals surface area contributed by atoms with Crippen molar-refractivity contribution >= 4 is 0 Å². The van der Waals surface area contributed by atoms with Crippen LogP contribution in [-0.2, 0) is 0 Å². The minimum Gasteiger partial charge on any atom is -0.396 e. The predicted octanol–water partition coefficient (Wildman–Crippen LogP) is 2.09. The molecule has 0 saturated carbocycles. The van der Waals surface area contributed by atoms with E-state index in [9.17, 15) is 0 Å². The van der Waals surface area contributed by atoms with Crippen LogP contribution in [0.3, 0.4) is 0 Å². The molecule has 0 saturated heterocycles. The molecule has 1 aromatic rings. The van der Waals surface area contributed by atoms with Crippen molar-refractivity contribution in [1.82, 2.24) is 0 Å². The van der Waals surface area contributed by atoms with Crippen LogP contribution in [0.25, 0.3) is 0 Å². The summed E-state index contributed by atoms with van der Waals surface area (Å²) in [4.78, 5) is 0. The molecular formula is C10H14O. The van der Waals surface area contributed by atoms with E-state index in [-0.39, 0.29) is 12.5 Å². The van der Waals surface area contributed by atoms with E-state index in [1.54, 1.807) is 0 Å². The van der Waals surface area contributed by atoms with Gasteiger partial charge in [0.1, 0.15) is 0 Å². The van der Waals surface area contributed by atoms with Crippen molar-refractivity contribution in [2.24, 2.45) is 0 Å². The first kappa shape index (κ1) is 8.28. The average Bonchev–Trinajstić information content (AvgIpc) is 2.04. The first-order chi connectivity index (χ1) is 5.25. The lowest BCUT2D eigenvalue weighted by Crippen LogP contribution is -2.00. The summed E-state index contributed by atoms with van der Waals surface area (Å²) in [6, 6.07) is 8.16. The lowest BCUT2D eigenvalue weighted by Gasteiger charge is -2.10. The van der Waals surface area contributed by atoms with Gasteiger partial charge in [0.25, 0.3) is 0 Å². The van der Waals surface area contributed by atoms with Crippen LogP contribution < -0.4 is 0 Å². The lowest BCUT2D eigenvalue weighted by atomic mass is 9.97. The Morgan fingerprint density at radius 3 is 2.55 bits per heavy atom. The third-order valence-corrected chi connectivity index (χ3v) is 1.99. The van der Waals surface area contributed by atoms with E-state index in [0.717, 1.165) is 0 Å². The van der Waals surface area contributed by atoms with Gasteiger partial charge < -0.3 is 5.11 Å².